The molecule has 6 N–H and O–H groups in total. The van der Waals surface area contributed by atoms with Crippen molar-refractivity contribution in [1.29, 1.82) is 0 Å². The van der Waals surface area contributed by atoms with E-state index in [0.717, 1.165) is 61.0 Å². The van der Waals surface area contributed by atoms with E-state index < -0.39 is 0 Å². The van der Waals surface area contributed by atoms with Gasteiger partial charge in [-0.2, -0.15) is 0 Å². The van der Waals surface area contributed by atoms with Crippen LogP contribution in [-0.2, 0) is 0 Å². The topological polar surface area (TPSA) is 78.1 Å². The number of fused-ring (bicyclic) bond motifs is 2. The summed E-state index contributed by atoms with van der Waals surface area (Å²) >= 11 is 0. The Labute approximate surface area is 262 Å². The van der Waals surface area contributed by atoms with Crippen LogP contribution in [0.15, 0.2) is 95.8 Å². The standard InChI is InChI=1S/C40H59N3/c1-2-11-29(28-42)12-10-18-40(43)39-26-25-35(37-16-7-8-17-38(37)39)32-21-19-31(20-22-32)34-24-23-30(13-4-3-9-27-41)33-14-5-6-15-36(33)34/h2,4-5,8,10-11,13-14,17-19,23,28,32-40H,3,6-7,9,12,15-16,20-22,24-27,41-43H2,1H3/b11-2-,13-4+,18-10-,29-28+. The molecule has 9 unspecified atom stereocenters. The van der Waals surface area contributed by atoms with Crippen molar-refractivity contribution in [3.05, 3.63) is 95.8 Å². The van der Waals surface area contributed by atoms with Crippen LogP contribution in [0.4, 0.5) is 0 Å². The minimum Gasteiger partial charge on any atom is -0.404 e. The summed E-state index contributed by atoms with van der Waals surface area (Å²) in [7, 11) is 0. The molecule has 5 aliphatic carbocycles. The zero-order chi connectivity index (χ0) is 30.0. The van der Waals surface area contributed by atoms with Crippen LogP contribution in [0, 0.1) is 47.3 Å². The van der Waals surface area contributed by atoms with Gasteiger partial charge < -0.3 is 17.2 Å². The highest BCUT2D eigenvalue weighted by molar-refractivity contribution is 5.33. The van der Waals surface area contributed by atoms with Gasteiger partial charge in [0, 0.05) is 12.0 Å². The van der Waals surface area contributed by atoms with Crippen LogP contribution < -0.4 is 17.2 Å². The lowest BCUT2D eigenvalue weighted by molar-refractivity contribution is 0.0568. The Morgan fingerprint density at radius 3 is 2.56 bits per heavy atom. The molecule has 1 fully saturated rings. The molecule has 0 radical (unpaired) electrons. The van der Waals surface area contributed by atoms with E-state index in [1.165, 1.54) is 64.2 Å². The van der Waals surface area contributed by atoms with E-state index in [1.54, 1.807) is 17.3 Å². The van der Waals surface area contributed by atoms with Crippen LogP contribution in [0.2, 0.25) is 0 Å². The van der Waals surface area contributed by atoms with E-state index in [2.05, 4.69) is 66.8 Å². The first kappa shape index (κ1) is 32.0. The van der Waals surface area contributed by atoms with E-state index in [-0.39, 0.29) is 6.04 Å². The summed E-state index contributed by atoms with van der Waals surface area (Å²) in [4.78, 5) is 0. The quantitative estimate of drug-likeness (QED) is 0.130. The van der Waals surface area contributed by atoms with E-state index in [4.69, 9.17) is 17.2 Å². The lowest BCUT2D eigenvalue weighted by atomic mass is 9.57. The van der Waals surface area contributed by atoms with Crippen molar-refractivity contribution < 1.29 is 0 Å². The number of hydrogen-bond acceptors (Lipinski definition) is 3. The van der Waals surface area contributed by atoms with Crippen molar-refractivity contribution in [3.63, 3.8) is 0 Å². The molecule has 234 valence electrons. The van der Waals surface area contributed by atoms with Gasteiger partial charge in [-0.05, 0) is 156 Å². The summed E-state index contributed by atoms with van der Waals surface area (Å²) in [6, 6.07) is 0.121. The summed E-state index contributed by atoms with van der Waals surface area (Å²) < 4.78 is 0. The van der Waals surface area contributed by atoms with Gasteiger partial charge >= 0.3 is 0 Å². The van der Waals surface area contributed by atoms with E-state index in [0.29, 0.717) is 17.8 Å². The van der Waals surface area contributed by atoms with Crippen LogP contribution in [-0.4, -0.2) is 12.6 Å². The third kappa shape index (κ3) is 7.84. The summed E-state index contributed by atoms with van der Waals surface area (Å²) in [6.07, 6.45) is 46.4. The van der Waals surface area contributed by atoms with E-state index >= 15 is 0 Å². The van der Waals surface area contributed by atoms with Crippen molar-refractivity contribution >= 4 is 0 Å². The molecule has 0 spiro atoms. The predicted molar refractivity (Wildman–Crippen MR) is 185 cm³/mol. The molecule has 3 nitrogen and oxygen atoms in total. The molecule has 0 aliphatic heterocycles. The van der Waals surface area contributed by atoms with Crippen LogP contribution in [0.25, 0.3) is 0 Å². The van der Waals surface area contributed by atoms with E-state index in [1.807, 2.05) is 13.0 Å². The molecular weight excluding hydrogens is 522 g/mol. The summed E-state index contributed by atoms with van der Waals surface area (Å²) in [6.45, 7) is 2.82. The second kappa shape index (κ2) is 16.1. The fraction of sp³-hybridized carbons (Fsp3) is 0.600. The summed E-state index contributed by atoms with van der Waals surface area (Å²) in [5.74, 6) is 5.80. The van der Waals surface area contributed by atoms with Gasteiger partial charge in [-0.1, -0.05) is 78.5 Å². The lowest BCUT2D eigenvalue weighted by Gasteiger charge is -2.49. The third-order valence-corrected chi connectivity index (χ3v) is 11.6. The summed E-state index contributed by atoms with van der Waals surface area (Å²) in [5.41, 5.74) is 22.9. The second-order valence-corrected chi connectivity index (χ2v) is 14.0. The highest BCUT2D eigenvalue weighted by atomic mass is 14.7. The first-order chi connectivity index (χ1) is 21.1. The molecule has 0 amide bonds. The average Bonchev–Trinajstić information content (AvgIpc) is 3.05. The van der Waals surface area contributed by atoms with Gasteiger partial charge in [-0.25, -0.2) is 0 Å². The maximum atomic E-state index is 6.87. The van der Waals surface area contributed by atoms with Crippen molar-refractivity contribution in [2.45, 2.75) is 96.4 Å². The van der Waals surface area contributed by atoms with Gasteiger partial charge in [0.1, 0.15) is 0 Å². The monoisotopic (exact) mass is 581 g/mol. The Hall–Kier alpha value is -2.36. The largest absolute Gasteiger partial charge is 0.404 e. The zero-order valence-corrected chi connectivity index (χ0v) is 26.8. The van der Waals surface area contributed by atoms with Crippen LogP contribution in [0.3, 0.4) is 0 Å². The normalized spacial score (nSPS) is 35.7. The van der Waals surface area contributed by atoms with Crippen LogP contribution >= 0.6 is 0 Å². The first-order valence-electron chi connectivity index (χ1n) is 17.7. The zero-order valence-electron chi connectivity index (χ0n) is 26.8. The highest BCUT2D eigenvalue weighted by Crippen LogP contribution is 2.52. The molecule has 9 atom stereocenters. The molecular formula is C40H59N3. The molecule has 0 heterocycles. The Bertz CT molecular complexity index is 1150. The molecule has 43 heavy (non-hydrogen) atoms. The number of unbranched alkanes of at least 4 members (excludes halogenated alkanes) is 1. The number of hydrogen-bond donors (Lipinski definition) is 3. The van der Waals surface area contributed by atoms with Gasteiger partial charge in [0.2, 0.25) is 0 Å². The Kier molecular flexibility index (Phi) is 12.0. The fourth-order valence-electron chi connectivity index (χ4n) is 9.47. The molecule has 3 heteroatoms. The van der Waals surface area contributed by atoms with Crippen molar-refractivity contribution in [3.8, 4) is 0 Å². The minimum atomic E-state index is 0.121. The molecule has 0 aromatic carbocycles. The molecule has 0 aromatic rings. The fourth-order valence-corrected chi connectivity index (χ4v) is 9.47. The second-order valence-electron chi connectivity index (χ2n) is 14.0. The number of rotatable bonds is 11. The molecule has 1 saturated carbocycles. The Morgan fingerprint density at radius 1 is 0.953 bits per heavy atom. The number of nitrogens with two attached hydrogens (primary N) is 3. The van der Waals surface area contributed by atoms with Crippen molar-refractivity contribution in [2.75, 3.05) is 6.54 Å². The van der Waals surface area contributed by atoms with E-state index in [9.17, 15) is 0 Å². The lowest BCUT2D eigenvalue weighted by Crippen LogP contribution is -2.45. The molecule has 0 aromatic heterocycles. The maximum absolute atomic E-state index is 6.87. The van der Waals surface area contributed by atoms with Crippen molar-refractivity contribution in [1.82, 2.24) is 0 Å². The van der Waals surface area contributed by atoms with Gasteiger partial charge in [0.15, 0.2) is 0 Å². The maximum Gasteiger partial charge on any atom is 0.0258 e. The third-order valence-electron chi connectivity index (χ3n) is 11.6. The Balaban J connectivity index is 1.22. The smallest absolute Gasteiger partial charge is 0.0258 e. The van der Waals surface area contributed by atoms with Crippen LogP contribution in [0.5, 0.6) is 0 Å². The van der Waals surface area contributed by atoms with Gasteiger partial charge in [-0.15, -0.1) is 0 Å². The summed E-state index contributed by atoms with van der Waals surface area (Å²) in [5, 5.41) is 0. The molecule has 0 bridgehead atoms. The number of allylic oxidation sites excluding steroid dienone is 14. The predicted octanol–water partition coefficient (Wildman–Crippen LogP) is 8.84. The average molecular weight is 582 g/mol. The minimum absolute atomic E-state index is 0.121. The first-order valence-corrected chi connectivity index (χ1v) is 17.7. The van der Waals surface area contributed by atoms with Gasteiger partial charge in [-0.3, -0.25) is 0 Å². The highest BCUT2D eigenvalue weighted by Gasteiger charge is 2.44. The molecule has 0 saturated heterocycles. The van der Waals surface area contributed by atoms with Gasteiger partial charge in [0.05, 0.1) is 0 Å². The van der Waals surface area contributed by atoms with Gasteiger partial charge in [0.25, 0.3) is 0 Å². The Morgan fingerprint density at radius 2 is 1.79 bits per heavy atom. The molecule has 5 rings (SSSR count). The SMILES string of the molecule is C/C=C\C(=C/N)C/C=C\C(N)C1CCC(C2CC=C(C3CC=C(/C=C/CCCN)C4C=CCCC43)CC2)C2CCC=CC12. The van der Waals surface area contributed by atoms with Crippen molar-refractivity contribution in [2.24, 2.45) is 64.5 Å². The van der Waals surface area contributed by atoms with Crippen LogP contribution in [0.1, 0.15) is 90.4 Å². The molecule has 5 aliphatic rings.